The zero-order valence-electron chi connectivity index (χ0n) is 14.3. The smallest absolute Gasteiger partial charge is 0.205 e. The molecule has 0 aromatic carbocycles. The molecule has 19 heavy (non-hydrogen) atoms. The highest BCUT2D eigenvalue weighted by Gasteiger charge is 2.21. The Labute approximate surface area is 125 Å². The van der Waals surface area contributed by atoms with Crippen LogP contribution in [0, 0.1) is 0 Å². The Morgan fingerprint density at radius 1 is 0.895 bits per heavy atom. The van der Waals surface area contributed by atoms with Crippen LogP contribution in [0.5, 0.6) is 0 Å². The molecular weight excluding hydrogens is 264 g/mol. The van der Waals surface area contributed by atoms with Gasteiger partial charge < -0.3 is 4.43 Å². The van der Waals surface area contributed by atoms with Gasteiger partial charge in [-0.3, -0.25) is 0 Å². The first-order chi connectivity index (χ1) is 8.85. The van der Waals surface area contributed by atoms with Crippen molar-refractivity contribution in [1.29, 1.82) is 0 Å². The monoisotopic (exact) mass is 301 g/mol. The summed E-state index contributed by atoms with van der Waals surface area (Å²) in [4.78, 5) is 0. The topological polar surface area (TPSA) is 9.23 Å². The van der Waals surface area contributed by atoms with Crippen molar-refractivity contribution in [3.63, 3.8) is 0 Å². The van der Waals surface area contributed by atoms with Crippen molar-refractivity contribution in [3.8, 4) is 0 Å². The molecular formula is C16H37OSi2. The van der Waals surface area contributed by atoms with Crippen LogP contribution < -0.4 is 0 Å². The fourth-order valence-corrected chi connectivity index (χ4v) is 5.24. The highest BCUT2D eigenvalue weighted by Crippen LogP contribution is 2.20. The summed E-state index contributed by atoms with van der Waals surface area (Å²) in [5, 5.41) is 0. The van der Waals surface area contributed by atoms with Gasteiger partial charge in [-0.2, -0.15) is 0 Å². The molecule has 0 saturated carbocycles. The Hall–Kier alpha value is 0.394. The molecule has 0 fully saturated rings. The molecule has 0 aromatic heterocycles. The van der Waals surface area contributed by atoms with Crippen molar-refractivity contribution in [1.82, 2.24) is 0 Å². The Balaban J connectivity index is 3.74. The molecule has 0 rings (SSSR count). The lowest BCUT2D eigenvalue weighted by Crippen LogP contribution is -2.31. The van der Waals surface area contributed by atoms with Crippen molar-refractivity contribution in [3.05, 3.63) is 0 Å². The van der Waals surface area contributed by atoms with Gasteiger partial charge in [0, 0.05) is 14.2 Å². The molecule has 0 aromatic rings. The average Bonchev–Trinajstić information content (AvgIpc) is 2.24. The van der Waals surface area contributed by atoms with Gasteiger partial charge in [-0.25, -0.2) is 0 Å². The highest BCUT2D eigenvalue weighted by molar-refractivity contribution is 6.76. The normalized spacial score (nSPS) is 14.1. The van der Waals surface area contributed by atoms with Crippen LogP contribution >= 0.6 is 0 Å². The molecule has 115 valence electrons. The van der Waals surface area contributed by atoms with Gasteiger partial charge in [0.1, 0.15) is 0 Å². The van der Waals surface area contributed by atoms with Gasteiger partial charge in [-0.15, -0.1) is 0 Å². The Morgan fingerprint density at radius 2 is 1.42 bits per heavy atom. The second-order valence-corrected chi connectivity index (χ2v) is 14.9. The van der Waals surface area contributed by atoms with Crippen molar-refractivity contribution >= 4 is 17.1 Å². The number of unbranched alkanes of at least 4 members (excludes halogenated alkanes) is 6. The standard InChI is InChI=1S/C16H37OSi2/c1-7-8-9-10-11-12-13-14-16(17-18(2)3)15-19(4,5)6/h16H,7-15H2,1-6H3. The maximum absolute atomic E-state index is 6.21. The lowest BCUT2D eigenvalue weighted by atomic mass is 10.1. The van der Waals surface area contributed by atoms with Gasteiger partial charge in [-0.1, -0.05) is 71.5 Å². The van der Waals surface area contributed by atoms with Gasteiger partial charge in [0.15, 0.2) is 0 Å². The molecule has 0 saturated heterocycles. The van der Waals surface area contributed by atoms with E-state index in [-0.39, 0.29) is 0 Å². The van der Waals surface area contributed by atoms with Crippen LogP contribution in [0.25, 0.3) is 0 Å². The van der Waals surface area contributed by atoms with E-state index in [1.807, 2.05) is 0 Å². The minimum absolute atomic E-state index is 0.537. The van der Waals surface area contributed by atoms with Crippen LogP contribution in [0.3, 0.4) is 0 Å². The van der Waals surface area contributed by atoms with E-state index >= 15 is 0 Å². The molecule has 0 aliphatic rings. The summed E-state index contributed by atoms with van der Waals surface area (Å²) >= 11 is 0. The molecule has 1 unspecified atom stereocenters. The van der Waals surface area contributed by atoms with Crippen LogP contribution in [-0.2, 0) is 4.43 Å². The van der Waals surface area contributed by atoms with E-state index in [9.17, 15) is 0 Å². The molecule has 0 aliphatic heterocycles. The summed E-state index contributed by atoms with van der Waals surface area (Å²) in [5.41, 5.74) is 0. The minimum atomic E-state index is -0.982. The maximum Gasteiger partial charge on any atom is 0.205 e. The third-order valence-electron chi connectivity index (χ3n) is 3.37. The number of hydrogen-bond acceptors (Lipinski definition) is 1. The van der Waals surface area contributed by atoms with Crippen LogP contribution in [0.2, 0.25) is 38.8 Å². The third kappa shape index (κ3) is 14.6. The lowest BCUT2D eigenvalue weighted by molar-refractivity contribution is 0.207. The summed E-state index contributed by atoms with van der Waals surface area (Å²) < 4.78 is 6.21. The molecule has 0 aliphatic carbocycles. The molecule has 0 spiro atoms. The van der Waals surface area contributed by atoms with Gasteiger partial charge in [0.25, 0.3) is 0 Å². The summed E-state index contributed by atoms with van der Waals surface area (Å²) in [6, 6.07) is 1.35. The molecule has 0 bridgehead atoms. The summed E-state index contributed by atoms with van der Waals surface area (Å²) in [6.07, 6.45) is 11.7. The van der Waals surface area contributed by atoms with Crippen LogP contribution in [-0.4, -0.2) is 23.2 Å². The first kappa shape index (κ1) is 19.4. The van der Waals surface area contributed by atoms with E-state index in [1.54, 1.807) is 0 Å². The van der Waals surface area contributed by atoms with Crippen molar-refractivity contribution in [2.75, 3.05) is 0 Å². The van der Waals surface area contributed by atoms with Crippen molar-refractivity contribution in [2.45, 2.75) is 103 Å². The van der Waals surface area contributed by atoms with E-state index in [2.05, 4.69) is 39.7 Å². The molecule has 0 N–H and O–H groups in total. The summed E-state index contributed by atoms with van der Waals surface area (Å²) in [7, 11) is -1.52. The van der Waals surface area contributed by atoms with Crippen LogP contribution in [0.4, 0.5) is 0 Å². The fraction of sp³-hybridized carbons (Fsp3) is 1.00. The lowest BCUT2D eigenvalue weighted by Gasteiger charge is -2.26. The molecule has 0 amide bonds. The quantitative estimate of drug-likeness (QED) is 0.312. The molecule has 3 heteroatoms. The summed E-state index contributed by atoms with van der Waals surface area (Å²) in [6.45, 7) is 14.2. The average molecular weight is 302 g/mol. The first-order valence-electron chi connectivity index (χ1n) is 8.32. The van der Waals surface area contributed by atoms with E-state index in [1.165, 1.54) is 57.4 Å². The third-order valence-corrected chi connectivity index (χ3v) is 5.86. The highest BCUT2D eigenvalue weighted by atomic mass is 28.3. The van der Waals surface area contributed by atoms with E-state index in [0.717, 1.165) is 0 Å². The van der Waals surface area contributed by atoms with E-state index in [0.29, 0.717) is 6.10 Å². The second kappa shape index (κ2) is 11.1. The Morgan fingerprint density at radius 3 is 1.89 bits per heavy atom. The van der Waals surface area contributed by atoms with Crippen LogP contribution in [0.15, 0.2) is 0 Å². The van der Waals surface area contributed by atoms with Gasteiger partial charge in [0.2, 0.25) is 9.04 Å². The number of hydrogen-bond donors (Lipinski definition) is 0. The van der Waals surface area contributed by atoms with Crippen molar-refractivity contribution < 1.29 is 4.43 Å². The van der Waals surface area contributed by atoms with Crippen LogP contribution in [0.1, 0.15) is 58.3 Å². The zero-order chi connectivity index (χ0) is 14.7. The molecule has 0 heterocycles. The fourth-order valence-electron chi connectivity index (χ4n) is 2.55. The maximum atomic E-state index is 6.21. The van der Waals surface area contributed by atoms with Crippen molar-refractivity contribution in [2.24, 2.45) is 0 Å². The molecule has 1 atom stereocenters. The second-order valence-electron chi connectivity index (χ2n) is 7.32. The molecule has 1 radical (unpaired) electrons. The largest absolute Gasteiger partial charge is 0.415 e. The minimum Gasteiger partial charge on any atom is -0.415 e. The van der Waals surface area contributed by atoms with E-state index < -0.39 is 17.1 Å². The van der Waals surface area contributed by atoms with Gasteiger partial charge in [-0.05, 0) is 25.6 Å². The van der Waals surface area contributed by atoms with Gasteiger partial charge >= 0.3 is 0 Å². The first-order valence-corrected chi connectivity index (χ1v) is 14.4. The summed E-state index contributed by atoms with van der Waals surface area (Å²) in [5.74, 6) is 0. The van der Waals surface area contributed by atoms with E-state index in [4.69, 9.17) is 4.43 Å². The zero-order valence-corrected chi connectivity index (χ0v) is 16.3. The van der Waals surface area contributed by atoms with Gasteiger partial charge in [0.05, 0.1) is 0 Å². The predicted molar refractivity (Wildman–Crippen MR) is 93.1 cm³/mol. The Kier molecular flexibility index (Phi) is 11.3. The predicted octanol–water partition coefficient (Wildman–Crippen LogP) is 6.10. The number of rotatable bonds is 12. The SMILES string of the molecule is CCCCCCCCCC(C[Si](C)(C)C)O[Si](C)C. The molecule has 1 nitrogen and oxygen atoms in total. The Bertz CT molecular complexity index is 199.